The van der Waals surface area contributed by atoms with Crippen molar-refractivity contribution in [2.75, 3.05) is 42.9 Å². The molecule has 0 unspecified atom stereocenters. The van der Waals surface area contributed by atoms with E-state index >= 15 is 0 Å². The van der Waals surface area contributed by atoms with E-state index in [0.717, 1.165) is 13.1 Å². The third kappa shape index (κ3) is 3.98. The normalized spacial score (nSPS) is 14.5. The molecule has 0 aliphatic carbocycles. The van der Waals surface area contributed by atoms with Crippen molar-refractivity contribution < 1.29 is 9.18 Å². The maximum absolute atomic E-state index is 13.5. The largest absolute Gasteiger partial charge is 0.382 e. The number of piperazine rings is 1. The van der Waals surface area contributed by atoms with Crippen LogP contribution in [0.4, 0.5) is 16.0 Å². The molecule has 2 heterocycles. The second-order valence-corrected chi connectivity index (χ2v) is 5.57. The van der Waals surface area contributed by atoms with Gasteiger partial charge in [-0.15, -0.1) is 0 Å². The van der Waals surface area contributed by atoms with Crippen molar-refractivity contribution in [1.82, 2.24) is 14.9 Å². The Morgan fingerprint density at radius 2 is 1.79 bits per heavy atom. The van der Waals surface area contributed by atoms with E-state index in [0.29, 0.717) is 37.7 Å². The van der Waals surface area contributed by atoms with Crippen LogP contribution in [0.25, 0.3) is 0 Å². The molecule has 7 heteroatoms. The monoisotopic (exact) mass is 329 g/mol. The van der Waals surface area contributed by atoms with Crippen LogP contribution in [-0.4, -0.2) is 53.5 Å². The van der Waals surface area contributed by atoms with Gasteiger partial charge in [0.15, 0.2) is 0 Å². The second-order valence-electron chi connectivity index (χ2n) is 5.57. The highest BCUT2D eigenvalue weighted by Crippen LogP contribution is 2.13. The van der Waals surface area contributed by atoms with Crippen LogP contribution in [0.3, 0.4) is 0 Å². The molecule has 0 spiro atoms. The fourth-order valence-electron chi connectivity index (χ4n) is 2.68. The van der Waals surface area contributed by atoms with Crippen LogP contribution in [0.5, 0.6) is 0 Å². The Balaban J connectivity index is 1.43. The molecule has 1 saturated heterocycles. The molecule has 1 aromatic heterocycles. The van der Waals surface area contributed by atoms with E-state index in [-0.39, 0.29) is 11.7 Å². The third-order valence-corrected chi connectivity index (χ3v) is 4.00. The zero-order valence-corrected chi connectivity index (χ0v) is 13.4. The lowest BCUT2D eigenvalue weighted by Crippen LogP contribution is -2.49. The summed E-state index contributed by atoms with van der Waals surface area (Å²) in [5, 5.41) is 2.96. The van der Waals surface area contributed by atoms with Crippen molar-refractivity contribution in [1.29, 1.82) is 0 Å². The Kier molecular flexibility index (Phi) is 5.20. The molecule has 0 atom stereocenters. The summed E-state index contributed by atoms with van der Waals surface area (Å²) >= 11 is 0. The minimum absolute atomic E-state index is 0.0764. The molecule has 0 radical (unpaired) electrons. The number of benzene rings is 1. The zero-order chi connectivity index (χ0) is 16.8. The number of para-hydroxylation sites is 1. The van der Waals surface area contributed by atoms with Crippen molar-refractivity contribution in [3.8, 4) is 0 Å². The Bertz CT molecular complexity index is 674. The van der Waals surface area contributed by atoms with Crippen LogP contribution >= 0.6 is 0 Å². The summed E-state index contributed by atoms with van der Waals surface area (Å²) in [5.41, 5.74) is 0.427. The molecule has 126 valence electrons. The van der Waals surface area contributed by atoms with Gasteiger partial charge >= 0.3 is 0 Å². The lowest BCUT2D eigenvalue weighted by atomic mass is 10.2. The first-order chi connectivity index (χ1) is 11.7. The lowest BCUT2D eigenvalue weighted by Gasteiger charge is -2.34. The maximum atomic E-state index is 13.5. The van der Waals surface area contributed by atoms with Gasteiger partial charge in [-0.25, -0.2) is 14.4 Å². The standard InChI is InChI=1S/C17H20FN5O/c18-14-4-1-2-5-15(14)19-9-6-16(24)22-10-12-23(13-11-22)17-20-7-3-8-21-17/h1-5,7-8,19H,6,9-13H2. The Hall–Kier alpha value is -2.70. The quantitative estimate of drug-likeness (QED) is 0.906. The number of anilines is 2. The van der Waals surface area contributed by atoms with Crippen molar-refractivity contribution in [3.63, 3.8) is 0 Å². The molecule has 3 rings (SSSR count). The first kappa shape index (κ1) is 16.2. The van der Waals surface area contributed by atoms with Crippen LogP contribution < -0.4 is 10.2 Å². The topological polar surface area (TPSA) is 61.4 Å². The van der Waals surface area contributed by atoms with E-state index in [1.165, 1.54) is 6.07 Å². The van der Waals surface area contributed by atoms with Gasteiger partial charge < -0.3 is 15.1 Å². The van der Waals surface area contributed by atoms with Crippen molar-refractivity contribution >= 4 is 17.5 Å². The SMILES string of the molecule is O=C(CCNc1ccccc1F)N1CCN(c2ncccn2)CC1. The Morgan fingerprint density at radius 3 is 2.50 bits per heavy atom. The van der Waals surface area contributed by atoms with Crippen LogP contribution in [0, 0.1) is 5.82 Å². The zero-order valence-electron chi connectivity index (χ0n) is 13.4. The molecule has 1 aromatic carbocycles. The average molecular weight is 329 g/mol. The van der Waals surface area contributed by atoms with Crippen molar-refractivity contribution in [3.05, 3.63) is 48.5 Å². The lowest BCUT2D eigenvalue weighted by molar-refractivity contribution is -0.131. The molecule has 1 amide bonds. The number of carbonyl (C=O) groups is 1. The molecule has 1 aliphatic rings. The summed E-state index contributed by atoms with van der Waals surface area (Å²) in [5.74, 6) is 0.472. The molecule has 1 N–H and O–H groups in total. The summed E-state index contributed by atoms with van der Waals surface area (Å²) in [6.45, 7) is 3.16. The fraction of sp³-hybridized carbons (Fsp3) is 0.353. The Labute approximate surface area is 140 Å². The highest BCUT2D eigenvalue weighted by molar-refractivity contribution is 5.77. The molecular weight excluding hydrogens is 309 g/mol. The highest BCUT2D eigenvalue weighted by atomic mass is 19.1. The van der Waals surface area contributed by atoms with Gasteiger partial charge in [-0.3, -0.25) is 4.79 Å². The predicted molar refractivity (Wildman–Crippen MR) is 90.3 cm³/mol. The van der Waals surface area contributed by atoms with Gasteiger partial charge in [-0.05, 0) is 18.2 Å². The van der Waals surface area contributed by atoms with Gasteiger partial charge in [-0.2, -0.15) is 0 Å². The molecule has 0 saturated carbocycles. The summed E-state index contributed by atoms with van der Waals surface area (Å²) in [6, 6.07) is 8.25. The van der Waals surface area contributed by atoms with Crippen molar-refractivity contribution in [2.45, 2.75) is 6.42 Å². The molecule has 0 bridgehead atoms. The van der Waals surface area contributed by atoms with E-state index in [1.54, 1.807) is 36.7 Å². The molecule has 2 aromatic rings. The number of aromatic nitrogens is 2. The van der Waals surface area contributed by atoms with Gasteiger partial charge in [0.2, 0.25) is 11.9 Å². The highest BCUT2D eigenvalue weighted by Gasteiger charge is 2.22. The molecular formula is C17H20FN5O. The number of hydrogen-bond donors (Lipinski definition) is 1. The van der Waals surface area contributed by atoms with E-state index in [4.69, 9.17) is 0 Å². The molecule has 1 aliphatic heterocycles. The number of nitrogens with zero attached hydrogens (tertiary/aromatic N) is 4. The van der Waals surface area contributed by atoms with Gasteiger partial charge in [0.25, 0.3) is 0 Å². The number of nitrogens with one attached hydrogen (secondary N) is 1. The van der Waals surface area contributed by atoms with Gasteiger partial charge in [0, 0.05) is 51.5 Å². The summed E-state index contributed by atoms with van der Waals surface area (Å²) in [4.78, 5) is 24.6. The van der Waals surface area contributed by atoms with Crippen LogP contribution in [0.15, 0.2) is 42.7 Å². The van der Waals surface area contributed by atoms with Gasteiger partial charge in [-0.1, -0.05) is 12.1 Å². The van der Waals surface area contributed by atoms with Gasteiger partial charge in [0.1, 0.15) is 5.82 Å². The molecule has 24 heavy (non-hydrogen) atoms. The minimum Gasteiger partial charge on any atom is -0.382 e. The maximum Gasteiger partial charge on any atom is 0.225 e. The van der Waals surface area contributed by atoms with E-state index in [1.807, 2.05) is 4.90 Å². The number of hydrogen-bond acceptors (Lipinski definition) is 5. The Morgan fingerprint density at radius 1 is 1.08 bits per heavy atom. The van der Waals surface area contributed by atoms with Crippen molar-refractivity contribution in [2.24, 2.45) is 0 Å². The third-order valence-electron chi connectivity index (χ3n) is 4.00. The van der Waals surface area contributed by atoms with E-state index in [2.05, 4.69) is 20.2 Å². The molecule has 6 nitrogen and oxygen atoms in total. The second kappa shape index (κ2) is 7.72. The predicted octanol–water partition coefficient (Wildman–Crippen LogP) is 1.77. The first-order valence-corrected chi connectivity index (χ1v) is 8.02. The van der Waals surface area contributed by atoms with E-state index in [9.17, 15) is 9.18 Å². The number of rotatable bonds is 5. The summed E-state index contributed by atoms with van der Waals surface area (Å²) in [6.07, 6.45) is 3.78. The molecule has 1 fully saturated rings. The average Bonchev–Trinajstić information content (AvgIpc) is 2.64. The van der Waals surface area contributed by atoms with Crippen LogP contribution in [-0.2, 0) is 4.79 Å². The van der Waals surface area contributed by atoms with Crippen LogP contribution in [0.1, 0.15) is 6.42 Å². The van der Waals surface area contributed by atoms with Gasteiger partial charge in [0.05, 0.1) is 5.69 Å². The smallest absolute Gasteiger partial charge is 0.225 e. The van der Waals surface area contributed by atoms with Crippen LogP contribution in [0.2, 0.25) is 0 Å². The number of carbonyl (C=O) groups excluding carboxylic acids is 1. The summed E-state index contributed by atoms with van der Waals surface area (Å²) in [7, 11) is 0. The number of halogens is 1. The number of amides is 1. The minimum atomic E-state index is -0.304. The first-order valence-electron chi connectivity index (χ1n) is 8.02. The van der Waals surface area contributed by atoms with E-state index < -0.39 is 0 Å². The summed E-state index contributed by atoms with van der Waals surface area (Å²) < 4.78 is 13.5. The fourth-order valence-corrected chi connectivity index (χ4v) is 2.68.